The number of carbonyl (C=O) groups excluding carboxylic acids is 1. The molecule has 1 amide bonds. The molecular weight excluding hydrogens is 437 g/mol. The normalized spacial score (nSPS) is 19.8. The van der Waals surface area contributed by atoms with Crippen LogP contribution in [-0.4, -0.2) is 21.9 Å². The van der Waals surface area contributed by atoms with Gasteiger partial charge < -0.3 is 9.47 Å². The molecule has 0 saturated heterocycles. The molecule has 1 fully saturated rings. The van der Waals surface area contributed by atoms with Crippen LogP contribution < -0.4 is 10.1 Å². The predicted octanol–water partition coefficient (Wildman–Crippen LogP) is 6.63. The van der Waals surface area contributed by atoms with Gasteiger partial charge in [0.05, 0.1) is 10.0 Å². The first-order chi connectivity index (χ1) is 13.6. The van der Waals surface area contributed by atoms with Crippen molar-refractivity contribution >= 4 is 46.6 Å². The highest BCUT2D eigenvalue weighted by Crippen LogP contribution is 2.58. The molecule has 2 aliphatic rings. The second-order valence-electron chi connectivity index (χ2n) is 8.33. The van der Waals surface area contributed by atoms with Crippen LogP contribution in [0.1, 0.15) is 50.7 Å². The van der Waals surface area contributed by atoms with E-state index in [2.05, 4.69) is 15.5 Å². The van der Waals surface area contributed by atoms with E-state index in [1.807, 2.05) is 0 Å². The summed E-state index contributed by atoms with van der Waals surface area (Å²) < 4.78 is 11.2. The Labute approximate surface area is 183 Å². The first kappa shape index (κ1) is 20.5. The van der Waals surface area contributed by atoms with E-state index in [9.17, 15) is 4.79 Å². The molecule has 2 atom stereocenters. The van der Waals surface area contributed by atoms with E-state index in [0.29, 0.717) is 28.6 Å². The van der Waals surface area contributed by atoms with Crippen molar-refractivity contribution in [3.63, 3.8) is 0 Å². The topological polar surface area (TPSA) is 73.3 Å². The highest BCUT2D eigenvalue weighted by atomic mass is 35.5. The van der Waals surface area contributed by atoms with Crippen LogP contribution in [0.2, 0.25) is 15.2 Å². The number of nitrogens with one attached hydrogen (secondary N) is 1. The fourth-order valence-electron chi connectivity index (χ4n) is 3.64. The number of amides is 1. The molecule has 2 unspecified atom stereocenters. The quantitative estimate of drug-likeness (QED) is 0.561. The summed E-state index contributed by atoms with van der Waals surface area (Å²) in [5.41, 5.74) is 1.77. The van der Waals surface area contributed by atoms with Crippen LogP contribution >= 0.6 is 34.8 Å². The molecule has 1 aromatic heterocycles. The third-order valence-corrected chi connectivity index (χ3v) is 5.80. The van der Waals surface area contributed by atoms with Gasteiger partial charge in [-0.15, -0.1) is 10.2 Å². The molecule has 154 valence electrons. The fourth-order valence-corrected chi connectivity index (χ4v) is 4.44. The lowest BCUT2D eigenvalue weighted by Gasteiger charge is -2.20. The fraction of sp³-hybridized carbons (Fsp3) is 0.450. The van der Waals surface area contributed by atoms with Crippen molar-refractivity contribution in [2.75, 3.05) is 5.32 Å². The number of ether oxygens (including phenoxy) is 2. The lowest BCUT2D eigenvalue weighted by Crippen LogP contribution is -2.27. The van der Waals surface area contributed by atoms with E-state index in [0.717, 1.165) is 30.4 Å². The predicted molar refractivity (Wildman–Crippen MR) is 113 cm³/mol. The number of halogens is 3. The number of fused-ring (bicyclic) bond motifs is 3. The van der Waals surface area contributed by atoms with E-state index in [1.54, 1.807) is 32.9 Å². The van der Waals surface area contributed by atoms with Gasteiger partial charge in [0.1, 0.15) is 5.60 Å². The smallest absolute Gasteiger partial charge is 0.412 e. The summed E-state index contributed by atoms with van der Waals surface area (Å²) in [5.74, 6) is 1.68. The Bertz CT molecular complexity index is 968. The SMILES string of the molecule is CC(C)(C)OC(=O)Nc1cc(Cl)c(Oc2nnc(Cl)c3c2C2CC2CC3)c(Cl)c1. The van der Waals surface area contributed by atoms with Gasteiger partial charge in [-0.25, -0.2) is 4.79 Å². The molecule has 1 aromatic carbocycles. The largest absolute Gasteiger partial charge is 0.444 e. The maximum absolute atomic E-state index is 12.0. The number of rotatable bonds is 3. The molecule has 0 radical (unpaired) electrons. The molecule has 1 heterocycles. The van der Waals surface area contributed by atoms with Gasteiger partial charge in [-0.3, -0.25) is 5.32 Å². The van der Waals surface area contributed by atoms with Gasteiger partial charge in [0.2, 0.25) is 5.88 Å². The van der Waals surface area contributed by atoms with E-state index in [4.69, 9.17) is 44.3 Å². The van der Waals surface area contributed by atoms with E-state index >= 15 is 0 Å². The van der Waals surface area contributed by atoms with E-state index in [-0.39, 0.29) is 15.8 Å². The molecule has 0 spiro atoms. The summed E-state index contributed by atoms with van der Waals surface area (Å²) in [6.07, 6.45) is 2.47. The molecule has 0 aliphatic heterocycles. The van der Waals surface area contributed by atoms with Gasteiger partial charge in [0.15, 0.2) is 10.9 Å². The van der Waals surface area contributed by atoms with E-state index < -0.39 is 11.7 Å². The van der Waals surface area contributed by atoms with Crippen molar-refractivity contribution in [2.24, 2.45) is 5.92 Å². The number of hydrogen-bond donors (Lipinski definition) is 1. The molecule has 4 rings (SSSR count). The monoisotopic (exact) mass is 455 g/mol. The summed E-state index contributed by atoms with van der Waals surface area (Å²) in [5, 5.41) is 11.7. The average Bonchev–Trinajstić information content (AvgIpc) is 3.37. The highest BCUT2D eigenvalue weighted by Gasteiger charge is 2.45. The van der Waals surface area contributed by atoms with Crippen LogP contribution in [0.15, 0.2) is 12.1 Å². The minimum Gasteiger partial charge on any atom is -0.444 e. The minimum atomic E-state index is -0.617. The maximum atomic E-state index is 12.0. The minimum absolute atomic E-state index is 0.234. The molecule has 1 N–H and O–H groups in total. The van der Waals surface area contributed by atoms with Crippen molar-refractivity contribution in [1.82, 2.24) is 10.2 Å². The lowest BCUT2D eigenvalue weighted by molar-refractivity contribution is 0.0636. The lowest BCUT2D eigenvalue weighted by atomic mass is 9.94. The van der Waals surface area contributed by atoms with Crippen LogP contribution in [0, 0.1) is 5.92 Å². The van der Waals surface area contributed by atoms with E-state index in [1.165, 1.54) is 0 Å². The summed E-state index contributed by atoms with van der Waals surface area (Å²) in [6.45, 7) is 5.34. The molecule has 6 nitrogen and oxygen atoms in total. The molecule has 1 saturated carbocycles. The summed E-state index contributed by atoms with van der Waals surface area (Å²) in [6, 6.07) is 3.09. The van der Waals surface area contributed by atoms with Crippen LogP contribution in [0.4, 0.5) is 10.5 Å². The zero-order valence-electron chi connectivity index (χ0n) is 16.2. The van der Waals surface area contributed by atoms with Crippen molar-refractivity contribution in [3.05, 3.63) is 38.5 Å². The second kappa shape index (κ2) is 7.49. The number of anilines is 1. The summed E-state index contributed by atoms with van der Waals surface area (Å²) in [4.78, 5) is 12.0. The standard InChI is InChI=1S/C20H20Cl3N3O3/c1-20(2,3)29-19(27)24-10-7-13(21)16(14(22)8-10)28-18-15-11(17(23)25-26-18)5-4-9-6-12(9)15/h7-9,12H,4-6H2,1-3H3,(H,24,27). The Kier molecular flexibility index (Phi) is 5.30. The number of carbonyl (C=O) groups is 1. The number of hydrogen-bond acceptors (Lipinski definition) is 5. The number of benzene rings is 1. The number of aromatic nitrogens is 2. The third kappa shape index (κ3) is 4.39. The van der Waals surface area contributed by atoms with Crippen molar-refractivity contribution < 1.29 is 14.3 Å². The van der Waals surface area contributed by atoms with Gasteiger partial charge in [0.25, 0.3) is 0 Å². The zero-order chi connectivity index (χ0) is 20.9. The van der Waals surface area contributed by atoms with Gasteiger partial charge in [0, 0.05) is 16.8 Å². The Balaban J connectivity index is 1.59. The average molecular weight is 457 g/mol. The van der Waals surface area contributed by atoms with Gasteiger partial charge in [-0.05, 0) is 64.0 Å². The molecule has 0 bridgehead atoms. The van der Waals surface area contributed by atoms with Crippen molar-refractivity contribution in [1.29, 1.82) is 0 Å². The van der Waals surface area contributed by atoms with Gasteiger partial charge >= 0.3 is 6.09 Å². The Morgan fingerprint density at radius 2 is 1.86 bits per heavy atom. The van der Waals surface area contributed by atoms with Crippen LogP contribution in [0.5, 0.6) is 11.6 Å². The number of nitrogens with zero attached hydrogens (tertiary/aromatic N) is 2. The zero-order valence-corrected chi connectivity index (χ0v) is 18.5. The van der Waals surface area contributed by atoms with Crippen LogP contribution in [0.3, 0.4) is 0 Å². The Hall–Kier alpha value is -1.76. The van der Waals surface area contributed by atoms with Gasteiger partial charge in [-0.1, -0.05) is 34.8 Å². The molecule has 2 aliphatic carbocycles. The summed E-state index contributed by atoms with van der Waals surface area (Å²) >= 11 is 19.0. The highest BCUT2D eigenvalue weighted by molar-refractivity contribution is 6.37. The molecule has 9 heteroatoms. The van der Waals surface area contributed by atoms with Crippen molar-refractivity contribution in [3.8, 4) is 11.6 Å². The second-order valence-corrected chi connectivity index (χ2v) is 9.50. The Morgan fingerprint density at radius 3 is 2.52 bits per heavy atom. The van der Waals surface area contributed by atoms with Gasteiger partial charge in [-0.2, -0.15) is 0 Å². The Morgan fingerprint density at radius 1 is 1.17 bits per heavy atom. The summed E-state index contributed by atoms with van der Waals surface area (Å²) in [7, 11) is 0. The first-order valence-electron chi connectivity index (χ1n) is 9.34. The first-order valence-corrected chi connectivity index (χ1v) is 10.5. The third-order valence-electron chi connectivity index (χ3n) is 4.93. The van der Waals surface area contributed by atoms with Crippen molar-refractivity contribution in [2.45, 2.75) is 51.6 Å². The van der Waals surface area contributed by atoms with Crippen LogP contribution in [0.25, 0.3) is 0 Å². The van der Waals surface area contributed by atoms with Crippen LogP contribution in [-0.2, 0) is 11.2 Å². The molecule has 29 heavy (non-hydrogen) atoms. The molecule has 2 aromatic rings. The molecular formula is C20H20Cl3N3O3. The maximum Gasteiger partial charge on any atom is 0.412 e.